The molecule has 0 unspecified atom stereocenters. The second kappa shape index (κ2) is 8.80. The van der Waals surface area contributed by atoms with Crippen LogP contribution in [-0.2, 0) is 19.9 Å². The summed E-state index contributed by atoms with van der Waals surface area (Å²) in [5.74, 6) is -0.386. The van der Waals surface area contributed by atoms with Gasteiger partial charge in [0.05, 0.1) is 16.4 Å². The smallest absolute Gasteiger partial charge is 0.340 e. The van der Waals surface area contributed by atoms with Gasteiger partial charge in [-0.05, 0) is 77.9 Å². The molecular weight excluding hydrogens is 500 g/mol. The maximum atomic E-state index is 13.1. The minimum atomic E-state index is -1.45. The van der Waals surface area contributed by atoms with Gasteiger partial charge in [-0.1, -0.05) is 6.07 Å². The minimum absolute atomic E-state index is 0.244. The van der Waals surface area contributed by atoms with E-state index >= 15 is 0 Å². The average Bonchev–Trinajstić information content (AvgIpc) is 3.14. The van der Waals surface area contributed by atoms with E-state index in [4.69, 9.17) is 18.9 Å². The predicted molar refractivity (Wildman–Crippen MR) is 140 cm³/mol. The Hall–Kier alpha value is -4.46. The monoisotopic (exact) mass is 528 g/mol. The van der Waals surface area contributed by atoms with Gasteiger partial charge in [0.25, 0.3) is 0 Å². The van der Waals surface area contributed by atoms with Crippen molar-refractivity contribution in [3.8, 4) is 23.0 Å². The summed E-state index contributed by atoms with van der Waals surface area (Å²) in [5, 5.41) is 0. The lowest BCUT2D eigenvalue weighted by Crippen LogP contribution is -2.33. The molecule has 2 aliphatic rings. The first kappa shape index (κ1) is 26.2. The molecule has 2 aliphatic heterocycles. The van der Waals surface area contributed by atoms with Crippen LogP contribution in [0, 0.1) is 10.8 Å². The van der Waals surface area contributed by atoms with E-state index in [0.29, 0.717) is 34.1 Å². The second-order valence-electron chi connectivity index (χ2n) is 11.7. The summed E-state index contributed by atoms with van der Waals surface area (Å²) in [4.78, 5) is 49.9. The lowest BCUT2D eigenvalue weighted by atomic mass is 9.77. The molecule has 200 valence electrons. The molecule has 39 heavy (non-hydrogen) atoms. The molecule has 5 rings (SSSR count). The molecule has 0 aromatic heterocycles. The number of aldehydes is 1. The van der Waals surface area contributed by atoms with E-state index in [1.54, 1.807) is 96.1 Å². The van der Waals surface area contributed by atoms with Crippen molar-refractivity contribution in [2.45, 2.75) is 47.1 Å². The van der Waals surface area contributed by atoms with Gasteiger partial charge in [0.1, 0.15) is 29.3 Å². The van der Waals surface area contributed by atoms with Crippen molar-refractivity contribution < 1.29 is 38.1 Å². The Balaban J connectivity index is 1.70. The Labute approximate surface area is 225 Å². The number of hydrogen-bond donors (Lipinski definition) is 0. The number of hydrogen-bond acceptors (Lipinski definition) is 8. The maximum Gasteiger partial charge on any atom is 0.340 e. The number of carbonyl (C=O) groups is 4. The van der Waals surface area contributed by atoms with Gasteiger partial charge in [-0.2, -0.15) is 0 Å². The summed E-state index contributed by atoms with van der Waals surface area (Å²) in [7, 11) is 0. The van der Waals surface area contributed by atoms with Crippen LogP contribution in [0.25, 0.3) is 0 Å². The zero-order valence-electron chi connectivity index (χ0n) is 22.5. The van der Waals surface area contributed by atoms with E-state index < -0.39 is 34.3 Å². The molecule has 0 bridgehead atoms. The molecule has 0 aliphatic carbocycles. The molecule has 3 aromatic carbocycles. The second-order valence-corrected chi connectivity index (χ2v) is 11.7. The van der Waals surface area contributed by atoms with Gasteiger partial charge >= 0.3 is 17.9 Å². The van der Waals surface area contributed by atoms with Crippen LogP contribution in [0.1, 0.15) is 78.9 Å². The highest BCUT2D eigenvalue weighted by atomic mass is 16.6. The Morgan fingerprint density at radius 2 is 1.26 bits per heavy atom. The number of benzene rings is 3. The van der Waals surface area contributed by atoms with Gasteiger partial charge < -0.3 is 18.9 Å². The molecule has 8 heteroatoms. The molecule has 1 spiro atoms. The van der Waals surface area contributed by atoms with Gasteiger partial charge in [0.2, 0.25) is 0 Å². The third-order valence-corrected chi connectivity index (χ3v) is 6.56. The van der Waals surface area contributed by atoms with Crippen molar-refractivity contribution in [2.75, 3.05) is 0 Å². The summed E-state index contributed by atoms with van der Waals surface area (Å²) in [5.41, 5.74) is -0.795. The predicted octanol–water partition coefficient (Wildman–Crippen LogP) is 5.97. The zero-order valence-corrected chi connectivity index (χ0v) is 22.5. The first-order valence-electron chi connectivity index (χ1n) is 12.5. The summed E-state index contributed by atoms with van der Waals surface area (Å²) >= 11 is 0. The third kappa shape index (κ3) is 4.35. The zero-order chi connectivity index (χ0) is 28.3. The molecule has 0 fully saturated rings. The Bertz CT molecular complexity index is 1470. The molecule has 2 heterocycles. The van der Waals surface area contributed by atoms with Crippen molar-refractivity contribution in [3.05, 3.63) is 82.4 Å². The van der Waals surface area contributed by atoms with Crippen LogP contribution in [0.5, 0.6) is 23.0 Å². The van der Waals surface area contributed by atoms with E-state index in [-0.39, 0.29) is 23.0 Å². The number of ether oxygens (including phenoxy) is 4. The SMILES string of the molecule is CC(C)(C)C(=O)Oc1ccc2c(c1)Oc1cc(OC(=O)C(C)(C)C)ccc1C21OC(=O)c2ccc(C=O)cc21. The Kier molecular flexibility index (Phi) is 5.90. The highest BCUT2D eigenvalue weighted by Crippen LogP contribution is 2.57. The van der Waals surface area contributed by atoms with E-state index in [9.17, 15) is 19.2 Å². The fourth-order valence-electron chi connectivity index (χ4n) is 4.42. The van der Waals surface area contributed by atoms with Crippen molar-refractivity contribution in [2.24, 2.45) is 10.8 Å². The molecule has 0 amide bonds. The summed E-state index contributed by atoms with van der Waals surface area (Å²) in [6, 6.07) is 14.4. The van der Waals surface area contributed by atoms with Gasteiger partial charge in [0.15, 0.2) is 5.60 Å². The molecule has 3 aromatic rings. The van der Waals surface area contributed by atoms with Gasteiger partial charge in [-0.15, -0.1) is 0 Å². The molecule has 8 nitrogen and oxygen atoms in total. The molecular formula is C31H28O8. The van der Waals surface area contributed by atoms with Gasteiger partial charge in [-0.25, -0.2) is 4.79 Å². The van der Waals surface area contributed by atoms with Crippen molar-refractivity contribution >= 4 is 24.2 Å². The quantitative estimate of drug-likeness (QED) is 0.233. The summed E-state index contributed by atoms with van der Waals surface area (Å²) < 4.78 is 23.5. The molecule has 0 saturated heterocycles. The normalized spacial score (nSPS) is 14.9. The maximum absolute atomic E-state index is 13.1. The lowest BCUT2D eigenvalue weighted by Gasteiger charge is -2.36. The van der Waals surface area contributed by atoms with Crippen LogP contribution in [0.15, 0.2) is 54.6 Å². The van der Waals surface area contributed by atoms with Crippen LogP contribution in [0.4, 0.5) is 0 Å². The number of fused-ring (bicyclic) bond motifs is 6. The molecule has 0 atom stereocenters. The topological polar surface area (TPSA) is 105 Å². The van der Waals surface area contributed by atoms with Crippen LogP contribution in [0.2, 0.25) is 0 Å². The van der Waals surface area contributed by atoms with E-state index in [1.165, 1.54) is 0 Å². The van der Waals surface area contributed by atoms with Crippen molar-refractivity contribution in [1.29, 1.82) is 0 Å². The average molecular weight is 529 g/mol. The van der Waals surface area contributed by atoms with E-state index in [2.05, 4.69) is 0 Å². The fourth-order valence-corrected chi connectivity index (χ4v) is 4.42. The summed E-state index contributed by atoms with van der Waals surface area (Å²) in [6.45, 7) is 10.5. The fraction of sp³-hybridized carbons (Fsp3) is 0.290. The largest absolute Gasteiger partial charge is 0.456 e. The van der Waals surface area contributed by atoms with Gasteiger partial charge in [0, 0.05) is 34.4 Å². The minimum Gasteiger partial charge on any atom is -0.456 e. The van der Waals surface area contributed by atoms with Crippen LogP contribution >= 0.6 is 0 Å². The van der Waals surface area contributed by atoms with Crippen LogP contribution < -0.4 is 14.2 Å². The summed E-state index contributed by atoms with van der Waals surface area (Å²) in [6.07, 6.45) is 0.696. The van der Waals surface area contributed by atoms with Crippen molar-refractivity contribution in [1.82, 2.24) is 0 Å². The van der Waals surface area contributed by atoms with Gasteiger partial charge in [-0.3, -0.25) is 14.4 Å². The van der Waals surface area contributed by atoms with E-state index in [0.717, 1.165) is 0 Å². The molecule has 0 N–H and O–H groups in total. The van der Waals surface area contributed by atoms with Crippen molar-refractivity contribution in [3.63, 3.8) is 0 Å². The first-order valence-corrected chi connectivity index (χ1v) is 12.5. The van der Waals surface area contributed by atoms with Crippen LogP contribution in [0.3, 0.4) is 0 Å². The highest BCUT2D eigenvalue weighted by molar-refractivity contribution is 5.98. The molecule has 0 saturated carbocycles. The standard InChI is InChI=1S/C31H28O8/c1-29(2,3)27(34)36-18-8-11-21-24(14-18)38-25-15-19(37-28(35)30(4,5)6)9-12-22(25)31(21)23-13-17(16-32)7-10-20(23)26(33)39-31/h7-16H,1-6H3. The highest BCUT2D eigenvalue weighted by Gasteiger charge is 2.54. The third-order valence-electron chi connectivity index (χ3n) is 6.56. The number of rotatable bonds is 3. The number of carbonyl (C=O) groups excluding carboxylic acids is 4. The number of esters is 3. The Morgan fingerprint density at radius 1 is 0.744 bits per heavy atom. The molecule has 0 radical (unpaired) electrons. The lowest BCUT2D eigenvalue weighted by molar-refractivity contribution is -0.143. The van der Waals surface area contributed by atoms with E-state index in [1.807, 2.05) is 0 Å². The Morgan fingerprint density at radius 3 is 1.72 bits per heavy atom. The first-order chi connectivity index (χ1) is 18.2. The van der Waals surface area contributed by atoms with Crippen LogP contribution in [-0.4, -0.2) is 24.2 Å².